The van der Waals surface area contributed by atoms with Crippen LogP contribution in [0.2, 0.25) is 0 Å². The molecule has 18 heavy (non-hydrogen) atoms. The maximum Gasteiger partial charge on any atom is 0.227 e. The summed E-state index contributed by atoms with van der Waals surface area (Å²) in [5.74, 6) is 0.966. The molecule has 0 saturated carbocycles. The molecular weight excluding hydrogens is 244 g/mol. The van der Waals surface area contributed by atoms with Gasteiger partial charge in [0.2, 0.25) is 5.91 Å². The molecule has 0 fully saturated rings. The molecule has 0 radical (unpaired) electrons. The topological polar surface area (TPSA) is 55.1 Å². The summed E-state index contributed by atoms with van der Waals surface area (Å²) >= 11 is 1.80. The van der Waals surface area contributed by atoms with E-state index in [4.69, 9.17) is 5.73 Å². The fourth-order valence-corrected chi connectivity index (χ4v) is 2.30. The van der Waals surface area contributed by atoms with Crippen LogP contribution < -0.4 is 11.1 Å². The molecule has 1 amide bonds. The van der Waals surface area contributed by atoms with Crippen molar-refractivity contribution in [3.63, 3.8) is 0 Å². The van der Waals surface area contributed by atoms with Crippen LogP contribution in [-0.2, 0) is 4.79 Å². The van der Waals surface area contributed by atoms with Crippen molar-refractivity contribution in [2.24, 2.45) is 0 Å². The zero-order valence-corrected chi connectivity index (χ0v) is 12.1. The van der Waals surface area contributed by atoms with Crippen LogP contribution >= 0.6 is 11.8 Å². The van der Waals surface area contributed by atoms with E-state index in [1.54, 1.807) is 11.8 Å². The first-order valence-corrected chi connectivity index (χ1v) is 7.58. The highest BCUT2D eigenvalue weighted by molar-refractivity contribution is 7.98. The van der Waals surface area contributed by atoms with Gasteiger partial charge in [-0.2, -0.15) is 11.8 Å². The number of nitrogens with one attached hydrogen (secondary N) is 1. The van der Waals surface area contributed by atoms with Gasteiger partial charge in [0.15, 0.2) is 0 Å². The van der Waals surface area contributed by atoms with Crippen LogP contribution in [0.1, 0.15) is 31.7 Å². The van der Waals surface area contributed by atoms with E-state index in [0.29, 0.717) is 5.69 Å². The highest BCUT2D eigenvalue weighted by atomic mass is 32.2. The summed E-state index contributed by atoms with van der Waals surface area (Å²) < 4.78 is 0. The summed E-state index contributed by atoms with van der Waals surface area (Å²) in [5.41, 5.74) is 7.39. The Morgan fingerprint density at radius 2 is 2.17 bits per heavy atom. The number of hydrogen-bond acceptors (Lipinski definition) is 3. The van der Waals surface area contributed by atoms with Gasteiger partial charge >= 0.3 is 0 Å². The summed E-state index contributed by atoms with van der Waals surface area (Å²) in [6.07, 6.45) is 3.07. The lowest BCUT2D eigenvalue weighted by Crippen LogP contribution is -2.35. The SMILES string of the molecule is CSCCC(C)NC(=O)C(C)c1cccc(N)c1. The molecule has 1 aromatic rings. The predicted octanol–water partition coefficient (Wildman–Crippen LogP) is 2.63. The van der Waals surface area contributed by atoms with E-state index in [1.165, 1.54) is 0 Å². The van der Waals surface area contributed by atoms with E-state index in [2.05, 4.69) is 11.6 Å². The Kier molecular flexibility index (Phi) is 6.05. The Labute approximate surface area is 114 Å². The first kappa shape index (κ1) is 14.9. The number of nitrogen functional groups attached to an aromatic ring is 1. The number of rotatable bonds is 6. The number of benzene rings is 1. The molecule has 2 unspecified atom stereocenters. The predicted molar refractivity (Wildman–Crippen MR) is 79.9 cm³/mol. The lowest BCUT2D eigenvalue weighted by molar-refractivity contribution is -0.122. The first-order chi connectivity index (χ1) is 8.54. The number of hydrogen-bond donors (Lipinski definition) is 2. The summed E-state index contributed by atoms with van der Waals surface area (Å²) in [4.78, 5) is 12.1. The van der Waals surface area contributed by atoms with Crippen LogP contribution in [0.5, 0.6) is 0 Å². The van der Waals surface area contributed by atoms with Gasteiger partial charge in [0.1, 0.15) is 0 Å². The molecule has 0 aliphatic heterocycles. The summed E-state index contributed by atoms with van der Waals surface area (Å²) in [5, 5.41) is 3.04. The molecular formula is C14H22N2OS. The maximum atomic E-state index is 12.1. The molecule has 4 heteroatoms. The number of carbonyl (C=O) groups excluding carboxylic acids is 1. The second-order valence-corrected chi connectivity index (χ2v) is 5.57. The Hall–Kier alpha value is -1.16. The van der Waals surface area contributed by atoms with Crippen molar-refractivity contribution in [3.05, 3.63) is 29.8 Å². The molecule has 0 aromatic heterocycles. The molecule has 0 heterocycles. The molecule has 0 spiro atoms. The minimum atomic E-state index is -0.162. The second kappa shape index (κ2) is 7.31. The molecule has 100 valence electrons. The fraction of sp³-hybridized carbons (Fsp3) is 0.500. The van der Waals surface area contributed by atoms with Crippen molar-refractivity contribution in [2.75, 3.05) is 17.7 Å². The zero-order chi connectivity index (χ0) is 13.5. The molecule has 0 bridgehead atoms. The van der Waals surface area contributed by atoms with Gasteiger partial charge in [-0.05, 0) is 50.0 Å². The van der Waals surface area contributed by atoms with Gasteiger partial charge in [0.25, 0.3) is 0 Å². The quantitative estimate of drug-likeness (QED) is 0.778. The van der Waals surface area contributed by atoms with E-state index in [1.807, 2.05) is 38.1 Å². The molecule has 3 nitrogen and oxygen atoms in total. The van der Waals surface area contributed by atoms with Crippen LogP contribution in [0.3, 0.4) is 0 Å². The molecule has 1 aromatic carbocycles. The number of amides is 1. The third-order valence-corrected chi connectivity index (χ3v) is 3.59. The van der Waals surface area contributed by atoms with Gasteiger partial charge in [-0.1, -0.05) is 12.1 Å². The first-order valence-electron chi connectivity index (χ1n) is 6.19. The lowest BCUT2D eigenvalue weighted by atomic mass is 9.99. The number of thioether (sulfide) groups is 1. The molecule has 1 rings (SSSR count). The minimum Gasteiger partial charge on any atom is -0.399 e. The van der Waals surface area contributed by atoms with Gasteiger partial charge in [0.05, 0.1) is 5.92 Å². The van der Waals surface area contributed by atoms with E-state index in [9.17, 15) is 4.79 Å². The largest absolute Gasteiger partial charge is 0.399 e. The number of nitrogens with two attached hydrogens (primary N) is 1. The van der Waals surface area contributed by atoms with Crippen LogP contribution in [0.15, 0.2) is 24.3 Å². The van der Waals surface area contributed by atoms with Gasteiger partial charge in [0, 0.05) is 11.7 Å². The average molecular weight is 266 g/mol. The van der Waals surface area contributed by atoms with Crippen molar-refractivity contribution >= 4 is 23.4 Å². The normalized spacial score (nSPS) is 13.9. The average Bonchev–Trinajstić information content (AvgIpc) is 2.35. The summed E-state index contributed by atoms with van der Waals surface area (Å²) in [6, 6.07) is 7.72. The third-order valence-electron chi connectivity index (χ3n) is 2.95. The second-order valence-electron chi connectivity index (χ2n) is 4.58. The molecule has 3 N–H and O–H groups in total. The monoisotopic (exact) mass is 266 g/mol. The highest BCUT2D eigenvalue weighted by Crippen LogP contribution is 2.18. The van der Waals surface area contributed by atoms with Crippen molar-refractivity contribution < 1.29 is 4.79 Å². The Morgan fingerprint density at radius 3 is 2.78 bits per heavy atom. The van der Waals surface area contributed by atoms with Gasteiger partial charge in [-0.25, -0.2) is 0 Å². The smallest absolute Gasteiger partial charge is 0.227 e. The molecule has 0 aliphatic carbocycles. The van der Waals surface area contributed by atoms with E-state index in [-0.39, 0.29) is 17.9 Å². The Morgan fingerprint density at radius 1 is 1.44 bits per heavy atom. The summed E-state index contributed by atoms with van der Waals surface area (Å²) in [6.45, 7) is 3.95. The van der Waals surface area contributed by atoms with Gasteiger partial charge in [-0.15, -0.1) is 0 Å². The van der Waals surface area contributed by atoms with E-state index >= 15 is 0 Å². The number of carbonyl (C=O) groups is 1. The third kappa shape index (κ3) is 4.61. The maximum absolute atomic E-state index is 12.1. The highest BCUT2D eigenvalue weighted by Gasteiger charge is 2.16. The van der Waals surface area contributed by atoms with Crippen molar-refractivity contribution in [1.29, 1.82) is 0 Å². The Bertz CT molecular complexity index is 395. The van der Waals surface area contributed by atoms with Gasteiger partial charge < -0.3 is 11.1 Å². The van der Waals surface area contributed by atoms with E-state index < -0.39 is 0 Å². The number of anilines is 1. The van der Waals surface area contributed by atoms with Crippen molar-refractivity contribution in [1.82, 2.24) is 5.32 Å². The van der Waals surface area contributed by atoms with Gasteiger partial charge in [-0.3, -0.25) is 4.79 Å². The zero-order valence-electron chi connectivity index (χ0n) is 11.3. The van der Waals surface area contributed by atoms with Crippen LogP contribution in [-0.4, -0.2) is 24.0 Å². The van der Waals surface area contributed by atoms with Crippen LogP contribution in [0.25, 0.3) is 0 Å². The van der Waals surface area contributed by atoms with Crippen LogP contribution in [0, 0.1) is 0 Å². The molecule has 0 aliphatic rings. The van der Waals surface area contributed by atoms with Crippen molar-refractivity contribution in [2.45, 2.75) is 32.2 Å². The molecule has 2 atom stereocenters. The lowest BCUT2D eigenvalue weighted by Gasteiger charge is -2.17. The van der Waals surface area contributed by atoms with E-state index in [0.717, 1.165) is 17.7 Å². The Balaban J connectivity index is 2.56. The molecule has 0 saturated heterocycles. The minimum absolute atomic E-state index is 0.0641. The van der Waals surface area contributed by atoms with Crippen LogP contribution in [0.4, 0.5) is 5.69 Å². The standard InChI is InChI=1S/C14H22N2OS/c1-10(7-8-18-3)16-14(17)11(2)12-5-4-6-13(15)9-12/h4-6,9-11H,7-8,15H2,1-3H3,(H,16,17). The fourth-order valence-electron chi connectivity index (χ4n) is 1.71. The van der Waals surface area contributed by atoms with Crippen molar-refractivity contribution in [3.8, 4) is 0 Å². The summed E-state index contributed by atoms with van der Waals surface area (Å²) in [7, 11) is 0.